The van der Waals surface area contributed by atoms with Gasteiger partial charge in [0.05, 0.1) is 6.04 Å². The first kappa shape index (κ1) is 13.0. The summed E-state index contributed by atoms with van der Waals surface area (Å²) in [5.74, 6) is 0.588. The highest BCUT2D eigenvalue weighted by atomic mass is 32.1. The third-order valence-electron chi connectivity index (χ3n) is 4.00. The number of nitrogens with one attached hydrogen (secondary N) is 2. The summed E-state index contributed by atoms with van der Waals surface area (Å²) in [6.07, 6.45) is 8.34. The fourth-order valence-corrected chi connectivity index (χ4v) is 3.82. The number of aromatic nitrogens is 2. The van der Waals surface area contributed by atoms with Crippen LogP contribution in [0.25, 0.3) is 0 Å². The van der Waals surface area contributed by atoms with Crippen molar-refractivity contribution < 1.29 is 4.79 Å². The van der Waals surface area contributed by atoms with Crippen LogP contribution in [0.5, 0.6) is 0 Å². The number of hydrogen-bond donors (Lipinski definition) is 2. The molecule has 0 radical (unpaired) electrons. The first-order valence-electron chi connectivity index (χ1n) is 7.20. The molecular formula is C13H20N4OS. The lowest BCUT2D eigenvalue weighted by atomic mass is 9.90. The van der Waals surface area contributed by atoms with Crippen molar-refractivity contribution in [3.63, 3.8) is 0 Å². The Morgan fingerprint density at radius 3 is 2.74 bits per heavy atom. The van der Waals surface area contributed by atoms with Crippen LogP contribution >= 0.6 is 11.3 Å². The van der Waals surface area contributed by atoms with Crippen molar-refractivity contribution in [3.05, 3.63) is 5.01 Å². The van der Waals surface area contributed by atoms with E-state index in [-0.39, 0.29) is 11.9 Å². The molecule has 2 fully saturated rings. The van der Waals surface area contributed by atoms with Crippen LogP contribution in [0.3, 0.4) is 0 Å². The van der Waals surface area contributed by atoms with Gasteiger partial charge < -0.3 is 5.32 Å². The Bertz CT molecular complexity index is 436. The first-order chi connectivity index (χ1) is 9.33. The molecule has 2 heterocycles. The monoisotopic (exact) mass is 280 g/mol. The number of carbonyl (C=O) groups is 1. The molecule has 1 aliphatic heterocycles. The van der Waals surface area contributed by atoms with E-state index >= 15 is 0 Å². The van der Waals surface area contributed by atoms with Crippen LogP contribution in [0, 0.1) is 0 Å². The van der Waals surface area contributed by atoms with Crippen LogP contribution in [-0.2, 0) is 4.79 Å². The number of amides is 1. The summed E-state index contributed by atoms with van der Waals surface area (Å²) < 4.78 is 0. The van der Waals surface area contributed by atoms with E-state index in [0.717, 1.165) is 24.4 Å². The van der Waals surface area contributed by atoms with Gasteiger partial charge in [0.1, 0.15) is 5.01 Å². The van der Waals surface area contributed by atoms with Crippen molar-refractivity contribution in [2.45, 2.75) is 56.9 Å². The minimum Gasteiger partial charge on any atom is -0.306 e. The molecule has 19 heavy (non-hydrogen) atoms. The Kier molecular flexibility index (Phi) is 4.08. The summed E-state index contributed by atoms with van der Waals surface area (Å²) in [5, 5.41) is 16.2. The van der Waals surface area contributed by atoms with Crippen molar-refractivity contribution in [3.8, 4) is 0 Å². The van der Waals surface area contributed by atoms with Crippen LogP contribution in [0.1, 0.15) is 55.9 Å². The summed E-state index contributed by atoms with van der Waals surface area (Å²) in [7, 11) is 0. The lowest BCUT2D eigenvalue weighted by molar-refractivity contribution is -0.117. The quantitative estimate of drug-likeness (QED) is 0.891. The molecule has 6 heteroatoms. The van der Waals surface area contributed by atoms with E-state index in [1.807, 2.05) is 0 Å². The zero-order valence-electron chi connectivity index (χ0n) is 11.0. The van der Waals surface area contributed by atoms with Crippen molar-refractivity contribution in [2.24, 2.45) is 0 Å². The van der Waals surface area contributed by atoms with Crippen molar-refractivity contribution >= 4 is 22.4 Å². The molecule has 2 aliphatic rings. The summed E-state index contributed by atoms with van der Waals surface area (Å²) >= 11 is 1.54. The normalized spacial score (nSPS) is 24.5. The van der Waals surface area contributed by atoms with Gasteiger partial charge in [-0.15, -0.1) is 10.2 Å². The predicted octanol–water partition coefficient (Wildman–Crippen LogP) is 2.28. The number of hydrogen-bond acceptors (Lipinski definition) is 5. The van der Waals surface area contributed by atoms with Crippen LogP contribution in [0.15, 0.2) is 0 Å². The lowest BCUT2D eigenvalue weighted by Crippen LogP contribution is -2.35. The molecule has 1 aliphatic carbocycles. The number of nitrogens with zero attached hydrogens (tertiary/aromatic N) is 2. The molecule has 3 rings (SSSR count). The second-order valence-corrected chi connectivity index (χ2v) is 6.43. The first-order valence-corrected chi connectivity index (χ1v) is 8.02. The van der Waals surface area contributed by atoms with Gasteiger partial charge in [0, 0.05) is 5.92 Å². The smallest absolute Gasteiger partial charge is 0.243 e. The lowest BCUT2D eigenvalue weighted by Gasteiger charge is -2.18. The maximum absolute atomic E-state index is 12.0. The molecule has 1 saturated carbocycles. The van der Waals surface area contributed by atoms with E-state index in [0.29, 0.717) is 11.0 Å². The van der Waals surface area contributed by atoms with Gasteiger partial charge in [0.15, 0.2) is 0 Å². The summed E-state index contributed by atoms with van der Waals surface area (Å²) in [5.41, 5.74) is 0. The largest absolute Gasteiger partial charge is 0.306 e. The van der Waals surface area contributed by atoms with E-state index in [4.69, 9.17) is 0 Å². The second-order valence-electron chi connectivity index (χ2n) is 5.42. The summed E-state index contributed by atoms with van der Waals surface area (Å²) in [6, 6.07) is -0.0537. The van der Waals surface area contributed by atoms with Crippen LogP contribution < -0.4 is 10.6 Å². The molecule has 0 bridgehead atoms. The third kappa shape index (κ3) is 3.12. The molecule has 5 nitrogen and oxygen atoms in total. The van der Waals surface area contributed by atoms with Gasteiger partial charge in [-0.3, -0.25) is 10.1 Å². The van der Waals surface area contributed by atoms with E-state index in [1.165, 1.54) is 32.1 Å². The standard InChI is InChI=1S/C13H20N4OS/c18-11(10-7-4-8-14-10)15-13-17-16-12(19-13)9-5-2-1-3-6-9/h9-10,14H,1-8H2,(H,15,17,18). The van der Waals surface area contributed by atoms with Gasteiger partial charge in [0.2, 0.25) is 11.0 Å². The molecule has 1 unspecified atom stereocenters. The molecule has 1 aromatic rings. The van der Waals surface area contributed by atoms with Gasteiger partial charge >= 0.3 is 0 Å². The van der Waals surface area contributed by atoms with Crippen molar-refractivity contribution in [2.75, 3.05) is 11.9 Å². The fraction of sp³-hybridized carbons (Fsp3) is 0.769. The van der Waals surface area contributed by atoms with E-state index in [9.17, 15) is 4.79 Å². The Balaban J connectivity index is 1.59. The van der Waals surface area contributed by atoms with Gasteiger partial charge in [-0.05, 0) is 32.2 Å². The minimum atomic E-state index is -0.0537. The molecule has 0 aromatic carbocycles. The predicted molar refractivity (Wildman–Crippen MR) is 75.4 cm³/mol. The number of carbonyl (C=O) groups excluding carboxylic acids is 1. The highest BCUT2D eigenvalue weighted by Crippen LogP contribution is 2.35. The highest BCUT2D eigenvalue weighted by Gasteiger charge is 2.24. The molecular weight excluding hydrogens is 260 g/mol. The van der Waals surface area contributed by atoms with Gasteiger partial charge in [-0.25, -0.2) is 0 Å². The van der Waals surface area contributed by atoms with E-state index in [2.05, 4.69) is 20.8 Å². The van der Waals surface area contributed by atoms with E-state index < -0.39 is 0 Å². The Morgan fingerprint density at radius 1 is 1.16 bits per heavy atom. The highest BCUT2D eigenvalue weighted by molar-refractivity contribution is 7.15. The topological polar surface area (TPSA) is 66.9 Å². The van der Waals surface area contributed by atoms with Gasteiger partial charge in [0.25, 0.3) is 0 Å². The fourth-order valence-electron chi connectivity index (χ4n) is 2.90. The number of rotatable bonds is 3. The molecule has 104 valence electrons. The average Bonchev–Trinajstić information content (AvgIpc) is 3.11. The summed E-state index contributed by atoms with van der Waals surface area (Å²) in [6.45, 7) is 0.932. The molecule has 2 N–H and O–H groups in total. The minimum absolute atomic E-state index is 0.0313. The Morgan fingerprint density at radius 2 is 2.00 bits per heavy atom. The zero-order chi connectivity index (χ0) is 13.1. The Labute approximate surface area is 117 Å². The SMILES string of the molecule is O=C(Nc1nnc(C2CCCCC2)s1)C1CCCN1. The molecule has 1 amide bonds. The average molecular weight is 280 g/mol. The van der Waals surface area contributed by atoms with Gasteiger partial charge in [-0.1, -0.05) is 30.6 Å². The van der Waals surface area contributed by atoms with Crippen LogP contribution in [0.4, 0.5) is 5.13 Å². The zero-order valence-corrected chi connectivity index (χ0v) is 11.8. The van der Waals surface area contributed by atoms with Crippen LogP contribution in [-0.4, -0.2) is 28.7 Å². The maximum Gasteiger partial charge on any atom is 0.243 e. The third-order valence-corrected chi connectivity index (χ3v) is 5.00. The van der Waals surface area contributed by atoms with Crippen molar-refractivity contribution in [1.29, 1.82) is 0 Å². The van der Waals surface area contributed by atoms with Gasteiger partial charge in [-0.2, -0.15) is 0 Å². The Hall–Kier alpha value is -1.01. The molecule has 1 aromatic heterocycles. The van der Waals surface area contributed by atoms with Crippen LogP contribution in [0.2, 0.25) is 0 Å². The van der Waals surface area contributed by atoms with E-state index in [1.54, 1.807) is 11.3 Å². The number of anilines is 1. The molecule has 1 atom stereocenters. The summed E-state index contributed by atoms with van der Waals surface area (Å²) in [4.78, 5) is 12.0. The molecule has 0 spiro atoms. The molecule has 1 saturated heterocycles. The maximum atomic E-state index is 12.0. The second kappa shape index (κ2) is 5.96. The van der Waals surface area contributed by atoms with Crippen molar-refractivity contribution in [1.82, 2.24) is 15.5 Å².